The molecule has 0 saturated carbocycles. The van der Waals surface area contributed by atoms with Gasteiger partial charge < -0.3 is 4.74 Å². The van der Waals surface area contributed by atoms with Crippen molar-refractivity contribution in [3.05, 3.63) is 34.7 Å². The third kappa shape index (κ3) is 2.50. The van der Waals surface area contributed by atoms with Crippen LogP contribution >= 0.6 is 11.3 Å². The fourth-order valence-electron chi connectivity index (χ4n) is 1.85. The topological polar surface area (TPSA) is 13.1 Å². The van der Waals surface area contributed by atoms with Crippen molar-refractivity contribution in [2.75, 3.05) is 0 Å². The first-order chi connectivity index (χ1) is 8.09. The zero-order valence-corrected chi connectivity index (χ0v) is 11.5. The predicted octanol–water partition coefficient (Wildman–Crippen LogP) is 3.34. The SMILES string of the molecule is Cc1c(OC(C)C)cccc1-c1csc[n+]1C. The summed E-state index contributed by atoms with van der Waals surface area (Å²) in [6, 6.07) is 6.23. The Bertz CT molecular complexity index is 517. The molecular formula is C14H18NOS+. The van der Waals surface area contributed by atoms with E-state index in [0.717, 1.165) is 5.75 Å². The number of hydrogen-bond donors (Lipinski definition) is 0. The summed E-state index contributed by atoms with van der Waals surface area (Å²) in [5, 5.41) is 2.17. The van der Waals surface area contributed by atoms with Gasteiger partial charge >= 0.3 is 0 Å². The number of ether oxygens (including phenoxy) is 1. The Morgan fingerprint density at radius 3 is 2.65 bits per heavy atom. The van der Waals surface area contributed by atoms with Gasteiger partial charge in [0.2, 0.25) is 11.2 Å². The van der Waals surface area contributed by atoms with E-state index >= 15 is 0 Å². The summed E-state index contributed by atoms with van der Waals surface area (Å²) in [6.07, 6.45) is 0.208. The van der Waals surface area contributed by atoms with Crippen molar-refractivity contribution in [3.63, 3.8) is 0 Å². The molecule has 1 aromatic carbocycles. The minimum Gasteiger partial charge on any atom is -0.491 e. The number of aromatic nitrogens is 1. The molecule has 1 heterocycles. The van der Waals surface area contributed by atoms with E-state index in [0.29, 0.717) is 0 Å². The first kappa shape index (κ1) is 12.1. The summed E-state index contributed by atoms with van der Waals surface area (Å²) < 4.78 is 7.96. The lowest BCUT2D eigenvalue weighted by molar-refractivity contribution is -0.655. The average Bonchev–Trinajstić information content (AvgIpc) is 2.67. The van der Waals surface area contributed by atoms with Crippen LogP contribution in [0.1, 0.15) is 19.4 Å². The predicted molar refractivity (Wildman–Crippen MR) is 71.4 cm³/mol. The summed E-state index contributed by atoms with van der Waals surface area (Å²) in [6.45, 7) is 6.22. The fourth-order valence-corrected chi connectivity index (χ4v) is 2.63. The van der Waals surface area contributed by atoms with Gasteiger partial charge in [0.15, 0.2) is 0 Å². The number of aryl methyl sites for hydroxylation is 1. The molecule has 0 unspecified atom stereocenters. The molecule has 0 saturated heterocycles. The highest BCUT2D eigenvalue weighted by atomic mass is 32.1. The van der Waals surface area contributed by atoms with Crippen LogP contribution in [0.3, 0.4) is 0 Å². The second-order valence-electron chi connectivity index (χ2n) is 4.45. The van der Waals surface area contributed by atoms with Crippen LogP contribution in [0.4, 0.5) is 0 Å². The van der Waals surface area contributed by atoms with Crippen LogP contribution < -0.4 is 9.30 Å². The van der Waals surface area contributed by atoms with E-state index in [1.54, 1.807) is 11.3 Å². The molecule has 0 aliphatic heterocycles. The van der Waals surface area contributed by atoms with Gasteiger partial charge in [-0.05, 0) is 32.9 Å². The second-order valence-corrected chi connectivity index (χ2v) is 5.17. The van der Waals surface area contributed by atoms with Gasteiger partial charge in [-0.25, -0.2) is 0 Å². The maximum Gasteiger partial charge on any atom is 0.224 e. The lowest BCUT2D eigenvalue weighted by Gasteiger charge is -2.13. The van der Waals surface area contributed by atoms with Crippen molar-refractivity contribution in [1.82, 2.24) is 0 Å². The first-order valence-electron chi connectivity index (χ1n) is 5.78. The molecule has 2 rings (SSSR count). The van der Waals surface area contributed by atoms with Crippen LogP contribution in [-0.4, -0.2) is 6.10 Å². The smallest absolute Gasteiger partial charge is 0.224 e. The molecule has 2 aromatic rings. The summed E-state index contributed by atoms with van der Waals surface area (Å²) >= 11 is 1.71. The molecule has 0 N–H and O–H groups in total. The summed E-state index contributed by atoms with van der Waals surface area (Å²) in [5.41, 5.74) is 5.79. The first-order valence-corrected chi connectivity index (χ1v) is 6.72. The molecule has 0 fully saturated rings. The minimum absolute atomic E-state index is 0.208. The number of thiazole rings is 1. The Kier molecular flexibility index (Phi) is 3.48. The highest BCUT2D eigenvalue weighted by Crippen LogP contribution is 2.29. The molecule has 1 aromatic heterocycles. The number of benzene rings is 1. The second kappa shape index (κ2) is 4.88. The maximum atomic E-state index is 5.82. The molecule has 2 nitrogen and oxygen atoms in total. The van der Waals surface area contributed by atoms with Gasteiger partial charge in [-0.15, -0.1) is 0 Å². The fraction of sp³-hybridized carbons (Fsp3) is 0.357. The van der Waals surface area contributed by atoms with Crippen molar-refractivity contribution in [3.8, 4) is 17.0 Å². The van der Waals surface area contributed by atoms with E-state index in [1.807, 2.05) is 6.07 Å². The van der Waals surface area contributed by atoms with Gasteiger partial charge in [0.1, 0.15) is 12.8 Å². The van der Waals surface area contributed by atoms with Gasteiger partial charge in [-0.1, -0.05) is 17.4 Å². The average molecular weight is 248 g/mol. The van der Waals surface area contributed by atoms with E-state index in [4.69, 9.17) is 4.74 Å². The standard InChI is InChI=1S/C14H18NOS/c1-10(2)16-14-7-5-6-12(11(14)3)13-8-17-9-15(13)4/h5-10H,1-4H3/q+1. The summed E-state index contributed by atoms with van der Waals surface area (Å²) in [7, 11) is 2.07. The highest BCUT2D eigenvalue weighted by molar-refractivity contribution is 7.07. The van der Waals surface area contributed by atoms with Gasteiger partial charge in [0, 0.05) is 5.56 Å². The van der Waals surface area contributed by atoms with Crippen molar-refractivity contribution in [2.45, 2.75) is 26.9 Å². The number of nitrogens with zero attached hydrogens (tertiary/aromatic N) is 1. The molecule has 0 spiro atoms. The summed E-state index contributed by atoms with van der Waals surface area (Å²) in [4.78, 5) is 0. The lowest BCUT2D eigenvalue weighted by Crippen LogP contribution is -2.27. The highest BCUT2D eigenvalue weighted by Gasteiger charge is 2.15. The van der Waals surface area contributed by atoms with Gasteiger partial charge in [0.25, 0.3) is 0 Å². The van der Waals surface area contributed by atoms with Crippen LogP contribution in [0.15, 0.2) is 29.1 Å². The molecular weight excluding hydrogens is 230 g/mol. The zero-order chi connectivity index (χ0) is 12.4. The van der Waals surface area contributed by atoms with Crippen molar-refractivity contribution < 1.29 is 9.30 Å². The van der Waals surface area contributed by atoms with Crippen molar-refractivity contribution >= 4 is 11.3 Å². The van der Waals surface area contributed by atoms with Crippen LogP contribution in [0, 0.1) is 6.92 Å². The van der Waals surface area contributed by atoms with Gasteiger partial charge in [-0.2, -0.15) is 4.57 Å². The third-order valence-corrected chi connectivity index (χ3v) is 3.50. The quantitative estimate of drug-likeness (QED) is 0.759. The van der Waals surface area contributed by atoms with E-state index < -0.39 is 0 Å². The number of hydrogen-bond acceptors (Lipinski definition) is 2. The lowest BCUT2D eigenvalue weighted by atomic mass is 10.1. The summed E-state index contributed by atoms with van der Waals surface area (Å²) in [5.74, 6) is 0.976. The largest absolute Gasteiger partial charge is 0.491 e. The normalized spacial score (nSPS) is 10.9. The van der Waals surface area contributed by atoms with E-state index in [1.165, 1.54) is 16.8 Å². The van der Waals surface area contributed by atoms with E-state index in [9.17, 15) is 0 Å². The van der Waals surface area contributed by atoms with Crippen LogP contribution in [0.5, 0.6) is 5.75 Å². The van der Waals surface area contributed by atoms with E-state index in [-0.39, 0.29) is 6.10 Å². The van der Waals surface area contributed by atoms with Gasteiger partial charge in [-0.3, -0.25) is 0 Å². The van der Waals surface area contributed by atoms with Crippen LogP contribution in [0.25, 0.3) is 11.3 Å². The van der Waals surface area contributed by atoms with Crippen LogP contribution in [-0.2, 0) is 7.05 Å². The third-order valence-electron chi connectivity index (χ3n) is 2.70. The molecule has 0 amide bonds. The zero-order valence-electron chi connectivity index (χ0n) is 10.7. The Labute approximate surface area is 106 Å². The molecule has 0 aliphatic carbocycles. The maximum absolute atomic E-state index is 5.82. The van der Waals surface area contributed by atoms with Gasteiger partial charge in [0.05, 0.1) is 17.0 Å². The molecule has 0 atom stereocenters. The number of rotatable bonds is 3. The molecule has 0 aliphatic rings. The molecule has 0 radical (unpaired) electrons. The Morgan fingerprint density at radius 1 is 1.29 bits per heavy atom. The Morgan fingerprint density at radius 2 is 2.06 bits per heavy atom. The van der Waals surface area contributed by atoms with Crippen molar-refractivity contribution in [1.29, 1.82) is 0 Å². The molecule has 90 valence electrons. The molecule has 0 bridgehead atoms. The van der Waals surface area contributed by atoms with Crippen molar-refractivity contribution in [2.24, 2.45) is 7.05 Å². The molecule has 17 heavy (non-hydrogen) atoms. The molecule has 3 heteroatoms. The van der Waals surface area contributed by atoms with E-state index in [2.05, 4.69) is 55.4 Å². The Hall–Kier alpha value is -1.35. The van der Waals surface area contributed by atoms with Crippen LogP contribution in [0.2, 0.25) is 0 Å². The minimum atomic E-state index is 0.208. The Balaban J connectivity index is 2.46. The monoisotopic (exact) mass is 248 g/mol.